The first-order chi connectivity index (χ1) is 15.5. The second-order valence-corrected chi connectivity index (χ2v) is 8.12. The second kappa shape index (κ2) is 7.66. The van der Waals surface area contributed by atoms with Crippen LogP contribution in [0.15, 0.2) is 55.2 Å². The molecule has 8 nitrogen and oxygen atoms in total. The quantitative estimate of drug-likeness (QED) is 0.432. The van der Waals surface area contributed by atoms with Crippen LogP contribution >= 0.6 is 12.2 Å². The number of carbonyl (C=O) groups excluding carboxylic acids is 1. The lowest BCUT2D eigenvalue weighted by atomic mass is 9.75. The summed E-state index contributed by atoms with van der Waals surface area (Å²) in [5, 5.41) is 0.414. The van der Waals surface area contributed by atoms with E-state index in [2.05, 4.69) is 19.8 Å². The Bertz CT molecular complexity index is 1250. The zero-order valence-corrected chi connectivity index (χ0v) is 18.0. The maximum Gasteiger partial charge on any atom is 0.272 e. The minimum Gasteiger partial charge on any atom is -0.454 e. The molecule has 1 saturated carbocycles. The number of aromatic nitrogens is 3. The molecule has 0 unspecified atom stereocenters. The molecule has 1 aromatic carbocycles. The summed E-state index contributed by atoms with van der Waals surface area (Å²) < 4.78 is 5.78. The third kappa shape index (κ3) is 3.08. The van der Waals surface area contributed by atoms with Gasteiger partial charge in [-0.05, 0) is 74.3 Å². The molecule has 2 aromatic heterocycles. The standard InChI is InChI=1S/C23H18N6O2S/c1-15-10-17(11-27-20(15)24-2)28-21(30)23(8-3-9-23)29(22(28)32)16-4-6-18(7-5-16)31-19-12-25-14-26-13-19/h4-7,10-14H,3,8-9H2,1H3. The molecule has 0 atom stereocenters. The van der Waals surface area contributed by atoms with E-state index in [-0.39, 0.29) is 5.91 Å². The second-order valence-electron chi connectivity index (χ2n) is 7.76. The number of rotatable bonds is 4. The minimum absolute atomic E-state index is 0.0488. The predicted molar refractivity (Wildman–Crippen MR) is 123 cm³/mol. The van der Waals surface area contributed by atoms with Gasteiger partial charge in [-0.15, -0.1) is 4.98 Å². The Morgan fingerprint density at radius 3 is 2.41 bits per heavy atom. The van der Waals surface area contributed by atoms with E-state index >= 15 is 0 Å². The highest BCUT2D eigenvalue weighted by Gasteiger charge is 2.59. The van der Waals surface area contributed by atoms with Gasteiger partial charge in [-0.2, -0.15) is 0 Å². The molecule has 2 aliphatic rings. The highest BCUT2D eigenvalue weighted by atomic mass is 32.1. The van der Waals surface area contributed by atoms with Gasteiger partial charge in [0.1, 0.15) is 23.8 Å². The number of pyridine rings is 1. The number of nitrogens with zero attached hydrogens (tertiary/aromatic N) is 6. The van der Waals surface area contributed by atoms with Crippen molar-refractivity contribution in [2.75, 3.05) is 9.80 Å². The first kappa shape index (κ1) is 20.0. The van der Waals surface area contributed by atoms with Crippen LogP contribution in [0, 0.1) is 13.5 Å². The van der Waals surface area contributed by atoms with Gasteiger partial charge in [-0.1, -0.05) is 6.57 Å². The van der Waals surface area contributed by atoms with Crippen LogP contribution in [0.25, 0.3) is 4.85 Å². The molecule has 3 heterocycles. The van der Waals surface area contributed by atoms with Crippen LogP contribution in [-0.4, -0.2) is 31.5 Å². The van der Waals surface area contributed by atoms with Gasteiger partial charge < -0.3 is 14.5 Å². The summed E-state index contributed by atoms with van der Waals surface area (Å²) >= 11 is 5.79. The van der Waals surface area contributed by atoms with Crippen LogP contribution in [0.1, 0.15) is 24.8 Å². The molecule has 32 heavy (non-hydrogen) atoms. The van der Waals surface area contributed by atoms with Gasteiger partial charge >= 0.3 is 0 Å². The predicted octanol–water partition coefficient (Wildman–Crippen LogP) is 4.58. The molecular formula is C23H18N6O2S. The highest BCUT2D eigenvalue weighted by molar-refractivity contribution is 7.81. The van der Waals surface area contributed by atoms with Gasteiger partial charge in [0, 0.05) is 5.69 Å². The van der Waals surface area contributed by atoms with Crippen molar-refractivity contribution in [3.05, 3.63) is 72.2 Å². The maximum atomic E-state index is 13.5. The van der Waals surface area contributed by atoms with Crippen molar-refractivity contribution in [3.63, 3.8) is 0 Å². The Labute approximate surface area is 190 Å². The lowest BCUT2D eigenvalue weighted by Crippen LogP contribution is -2.55. The van der Waals surface area contributed by atoms with Gasteiger partial charge in [-0.3, -0.25) is 9.69 Å². The number of aryl methyl sites for hydroxylation is 1. The van der Waals surface area contributed by atoms with E-state index in [0.717, 1.165) is 24.9 Å². The summed E-state index contributed by atoms with van der Waals surface area (Å²) in [6.45, 7) is 9.02. The summed E-state index contributed by atoms with van der Waals surface area (Å²) in [5.74, 6) is 1.45. The lowest BCUT2D eigenvalue weighted by Gasteiger charge is -2.43. The van der Waals surface area contributed by atoms with Crippen LogP contribution in [0.2, 0.25) is 0 Å². The minimum atomic E-state index is -0.681. The van der Waals surface area contributed by atoms with Crippen LogP contribution in [0.3, 0.4) is 0 Å². The van der Waals surface area contributed by atoms with Crippen molar-refractivity contribution in [2.24, 2.45) is 0 Å². The van der Waals surface area contributed by atoms with Gasteiger partial charge in [-0.25, -0.2) is 9.97 Å². The Hall–Kier alpha value is -3.90. The van der Waals surface area contributed by atoms with Crippen LogP contribution < -0.4 is 14.5 Å². The molecule has 1 aliphatic heterocycles. The van der Waals surface area contributed by atoms with E-state index in [1.165, 1.54) is 6.33 Å². The van der Waals surface area contributed by atoms with E-state index in [1.807, 2.05) is 29.2 Å². The summed E-state index contributed by atoms with van der Waals surface area (Å²) in [5.41, 5.74) is 1.44. The molecule has 0 radical (unpaired) electrons. The van der Waals surface area contributed by atoms with Crippen molar-refractivity contribution in [2.45, 2.75) is 31.7 Å². The number of thiocarbonyl (C=S) groups is 1. The number of hydrogen-bond donors (Lipinski definition) is 0. The smallest absolute Gasteiger partial charge is 0.272 e. The average molecular weight is 443 g/mol. The lowest BCUT2D eigenvalue weighted by molar-refractivity contribution is -0.123. The Balaban J connectivity index is 1.47. The molecular weight excluding hydrogens is 424 g/mol. The molecule has 0 N–H and O–H groups in total. The summed E-state index contributed by atoms with van der Waals surface area (Å²) in [6, 6.07) is 9.25. The Kier molecular flexibility index (Phi) is 4.79. The molecule has 3 aromatic rings. The molecule has 0 bridgehead atoms. The number of anilines is 2. The Morgan fingerprint density at radius 2 is 1.81 bits per heavy atom. The fraction of sp³-hybridized carbons (Fsp3) is 0.217. The molecule has 1 spiro atoms. The first-order valence-corrected chi connectivity index (χ1v) is 10.5. The molecule has 1 saturated heterocycles. The third-order valence-corrected chi connectivity index (χ3v) is 6.23. The van der Waals surface area contributed by atoms with Crippen molar-refractivity contribution in [1.29, 1.82) is 0 Å². The van der Waals surface area contributed by atoms with Crippen LogP contribution in [0.4, 0.5) is 17.2 Å². The highest BCUT2D eigenvalue weighted by Crippen LogP contribution is 2.48. The Morgan fingerprint density at radius 1 is 1.09 bits per heavy atom. The molecule has 158 valence electrons. The van der Waals surface area contributed by atoms with Gasteiger partial charge in [0.2, 0.25) is 0 Å². The summed E-state index contributed by atoms with van der Waals surface area (Å²) in [6.07, 6.45) is 8.58. The largest absolute Gasteiger partial charge is 0.454 e. The van der Waals surface area contributed by atoms with Gasteiger partial charge in [0.15, 0.2) is 10.9 Å². The number of amides is 1. The van der Waals surface area contributed by atoms with Crippen LogP contribution in [-0.2, 0) is 4.79 Å². The fourth-order valence-corrected chi connectivity index (χ4v) is 4.61. The molecule has 1 aliphatic carbocycles. The number of hydrogen-bond acceptors (Lipinski definition) is 6. The third-order valence-electron chi connectivity index (χ3n) is 5.86. The van der Waals surface area contributed by atoms with E-state index in [0.29, 0.717) is 33.7 Å². The number of benzene rings is 1. The van der Waals surface area contributed by atoms with Crippen molar-refractivity contribution >= 4 is 40.4 Å². The number of carbonyl (C=O) groups is 1. The van der Waals surface area contributed by atoms with Crippen molar-refractivity contribution in [1.82, 2.24) is 15.0 Å². The van der Waals surface area contributed by atoms with E-state index in [1.54, 1.807) is 36.5 Å². The fourth-order valence-electron chi connectivity index (χ4n) is 4.14. The van der Waals surface area contributed by atoms with E-state index < -0.39 is 5.54 Å². The van der Waals surface area contributed by atoms with E-state index in [4.69, 9.17) is 23.5 Å². The first-order valence-electron chi connectivity index (χ1n) is 10.1. The summed E-state index contributed by atoms with van der Waals surface area (Å²) in [7, 11) is 0. The molecule has 2 fully saturated rings. The monoisotopic (exact) mass is 442 g/mol. The van der Waals surface area contributed by atoms with Gasteiger partial charge in [0.25, 0.3) is 11.7 Å². The SMILES string of the molecule is [C-]#[N+]c1ncc(N2C(=O)C3(CCC3)N(c3ccc(Oc4cncnc4)cc3)C2=S)cc1C. The van der Waals surface area contributed by atoms with Crippen LogP contribution in [0.5, 0.6) is 11.5 Å². The van der Waals surface area contributed by atoms with Crippen molar-refractivity contribution in [3.8, 4) is 11.5 Å². The van der Waals surface area contributed by atoms with Gasteiger partial charge in [0.05, 0.1) is 18.1 Å². The average Bonchev–Trinajstić information content (AvgIpc) is 3.02. The maximum absolute atomic E-state index is 13.5. The number of ether oxygens (including phenoxy) is 1. The zero-order chi connectivity index (χ0) is 22.3. The molecule has 1 amide bonds. The topological polar surface area (TPSA) is 75.8 Å². The molecule has 9 heteroatoms. The van der Waals surface area contributed by atoms with Crippen molar-refractivity contribution < 1.29 is 9.53 Å². The van der Waals surface area contributed by atoms with E-state index in [9.17, 15) is 4.79 Å². The zero-order valence-electron chi connectivity index (χ0n) is 17.2. The summed E-state index contributed by atoms with van der Waals surface area (Å²) in [4.78, 5) is 32.5. The normalized spacial score (nSPS) is 16.8. The molecule has 5 rings (SSSR count).